The molecule has 5 nitrogen and oxygen atoms in total. The van der Waals surface area contributed by atoms with Gasteiger partial charge in [0.1, 0.15) is 0 Å². The van der Waals surface area contributed by atoms with Crippen molar-refractivity contribution < 1.29 is 9.59 Å². The Kier molecular flexibility index (Phi) is 4.78. The molecule has 0 bridgehead atoms. The van der Waals surface area contributed by atoms with Gasteiger partial charge in [0.05, 0.1) is 0 Å². The summed E-state index contributed by atoms with van der Waals surface area (Å²) >= 11 is 0. The quantitative estimate of drug-likeness (QED) is 0.910. The highest BCUT2D eigenvalue weighted by Crippen LogP contribution is 2.15. The number of benzene rings is 2. The SMILES string of the molecule is CNC(=O)c1ccc(NC(=O)c2ccc(N(C)C)cc2)cc1. The summed E-state index contributed by atoms with van der Waals surface area (Å²) in [6.45, 7) is 0. The average molecular weight is 297 g/mol. The minimum Gasteiger partial charge on any atom is -0.378 e. The number of anilines is 2. The van der Waals surface area contributed by atoms with Crippen LogP contribution in [0.4, 0.5) is 11.4 Å². The number of hydrogen-bond acceptors (Lipinski definition) is 3. The molecule has 0 aliphatic rings. The molecule has 114 valence electrons. The summed E-state index contributed by atoms with van der Waals surface area (Å²) in [4.78, 5) is 25.6. The summed E-state index contributed by atoms with van der Waals surface area (Å²) in [5, 5.41) is 5.36. The maximum atomic E-state index is 12.2. The first-order valence-corrected chi connectivity index (χ1v) is 6.92. The van der Waals surface area contributed by atoms with E-state index < -0.39 is 0 Å². The van der Waals surface area contributed by atoms with E-state index in [2.05, 4.69) is 10.6 Å². The summed E-state index contributed by atoms with van der Waals surface area (Å²) in [5.74, 6) is -0.338. The molecule has 0 aliphatic heterocycles. The predicted octanol–water partition coefficient (Wildman–Crippen LogP) is 2.36. The molecular weight excluding hydrogens is 278 g/mol. The van der Waals surface area contributed by atoms with Crippen LogP contribution in [0.15, 0.2) is 48.5 Å². The van der Waals surface area contributed by atoms with Gasteiger partial charge in [0.15, 0.2) is 0 Å². The van der Waals surface area contributed by atoms with Crippen LogP contribution >= 0.6 is 0 Å². The number of nitrogens with zero attached hydrogens (tertiary/aromatic N) is 1. The first kappa shape index (κ1) is 15.6. The molecule has 2 aromatic rings. The topological polar surface area (TPSA) is 61.4 Å². The van der Waals surface area contributed by atoms with Crippen LogP contribution < -0.4 is 15.5 Å². The lowest BCUT2D eigenvalue weighted by atomic mass is 10.1. The predicted molar refractivity (Wildman–Crippen MR) is 88.6 cm³/mol. The van der Waals surface area contributed by atoms with Crippen LogP contribution in [0.1, 0.15) is 20.7 Å². The maximum Gasteiger partial charge on any atom is 0.255 e. The zero-order valence-corrected chi connectivity index (χ0v) is 12.9. The molecule has 2 rings (SSSR count). The van der Waals surface area contributed by atoms with Crippen molar-refractivity contribution in [3.63, 3.8) is 0 Å². The van der Waals surface area contributed by atoms with Crippen LogP contribution in [0, 0.1) is 0 Å². The van der Waals surface area contributed by atoms with Gasteiger partial charge in [0, 0.05) is 43.6 Å². The van der Waals surface area contributed by atoms with Gasteiger partial charge < -0.3 is 15.5 Å². The Morgan fingerprint density at radius 1 is 0.818 bits per heavy atom. The summed E-state index contributed by atoms with van der Waals surface area (Å²) in [6, 6.07) is 14.1. The van der Waals surface area contributed by atoms with E-state index in [1.807, 2.05) is 31.1 Å². The fourth-order valence-electron chi connectivity index (χ4n) is 1.96. The molecule has 2 aromatic carbocycles. The molecule has 0 spiro atoms. The summed E-state index contributed by atoms with van der Waals surface area (Å²) in [6.07, 6.45) is 0. The lowest BCUT2D eigenvalue weighted by molar-refractivity contribution is 0.0962. The van der Waals surface area contributed by atoms with Crippen LogP contribution in [0.5, 0.6) is 0 Å². The van der Waals surface area contributed by atoms with Gasteiger partial charge in [-0.1, -0.05) is 0 Å². The molecule has 0 fully saturated rings. The number of carbonyl (C=O) groups excluding carboxylic acids is 2. The third-order valence-corrected chi connectivity index (χ3v) is 3.28. The zero-order chi connectivity index (χ0) is 16.1. The Morgan fingerprint density at radius 3 is 1.82 bits per heavy atom. The van der Waals surface area contributed by atoms with Crippen LogP contribution in [0.2, 0.25) is 0 Å². The van der Waals surface area contributed by atoms with Crippen LogP contribution in [-0.4, -0.2) is 33.0 Å². The number of rotatable bonds is 4. The van der Waals surface area contributed by atoms with E-state index in [1.54, 1.807) is 43.4 Å². The molecule has 0 atom stereocenters. The van der Waals surface area contributed by atoms with Gasteiger partial charge in [-0.05, 0) is 48.5 Å². The molecular formula is C17H19N3O2. The van der Waals surface area contributed by atoms with Crippen molar-refractivity contribution in [1.29, 1.82) is 0 Å². The van der Waals surface area contributed by atoms with Gasteiger partial charge in [-0.2, -0.15) is 0 Å². The van der Waals surface area contributed by atoms with E-state index in [9.17, 15) is 9.59 Å². The number of hydrogen-bond donors (Lipinski definition) is 2. The molecule has 0 heterocycles. The Balaban J connectivity index is 2.06. The van der Waals surface area contributed by atoms with E-state index in [-0.39, 0.29) is 11.8 Å². The second-order valence-electron chi connectivity index (χ2n) is 5.05. The fraction of sp³-hybridized carbons (Fsp3) is 0.176. The lowest BCUT2D eigenvalue weighted by Gasteiger charge is -2.12. The minimum atomic E-state index is -0.182. The summed E-state index contributed by atoms with van der Waals surface area (Å²) < 4.78 is 0. The third kappa shape index (κ3) is 3.63. The average Bonchev–Trinajstić information content (AvgIpc) is 2.54. The van der Waals surface area contributed by atoms with Crippen molar-refractivity contribution in [1.82, 2.24) is 5.32 Å². The Morgan fingerprint density at radius 2 is 1.32 bits per heavy atom. The van der Waals surface area contributed by atoms with Crippen molar-refractivity contribution in [3.05, 3.63) is 59.7 Å². The molecule has 0 unspecified atom stereocenters. The largest absolute Gasteiger partial charge is 0.378 e. The van der Waals surface area contributed by atoms with Crippen LogP contribution in [0.3, 0.4) is 0 Å². The standard InChI is InChI=1S/C17H19N3O2/c1-18-16(21)12-4-8-14(9-5-12)19-17(22)13-6-10-15(11-7-13)20(2)3/h4-11H,1-3H3,(H,18,21)(H,19,22). The maximum absolute atomic E-state index is 12.2. The number of carbonyl (C=O) groups is 2. The van der Waals surface area contributed by atoms with Gasteiger partial charge in [-0.15, -0.1) is 0 Å². The molecule has 22 heavy (non-hydrogen) atoms. The highest BCUT2D eigenvalue weighted by atomic mass is 16.2. The van der Waals surface area contributed by atoms with Gasteiger partial charge in [0.25, 0.3) is 11.8 Å². The van der Waals surface area contributed by atoms with Crippen LogP contribution in [-0.2, 0) is 0 Å². The molecule has 0 radical (unpaired) electrons. The van der Waals surface area contributed by atoms with E-state index in [0.717, 1.165) is 5.69 Å². The molecule has 2 amide bonds. The van der Waals surface area contributed by atoms with Crippen molar-refractivity contribution >= 4 is 23.2 Å². The molecule has 0 saturated carbocycles. The smallest absolute Gasteiger partial charge is 0.255 e. The van der Waals surface area contributed by atoms with Crippen LogP contribution in [0.25, 0.3) is 0 Å². The monoisotopic (exact) mass is 297 g/mol. The van der Waals surface area contributed by atoms with E-state index in [0.29, 0.717) is 16.8 Å². The summed E-state index contributed by atoms with van der Waals surface area (Å²) in [7, 11) is 5.47. The van der Waals surface area contributed by atoms with Crippen molar-refractivity contribution in [2.24, 2.45) is 0 Å². The first-order valence-electron chi connectivity index (χ1n) is 6.92. The third-order valence-electron chi connectivity index (χ3n) is 3.28. The summed E-state index contributed by atoms with van der Waals surface area (Å²) in [5.41, 5.74) is 2.82. The van der Waals surface area contributed by atoms with E-state index in [4.69, 9.17) is 0 Å². The Hall–Kier alpha value is -2.82. The Labute approximate surface area is 129 Å². The zero-order valence-electron chi connectivity index (χ0n) is 12.9. The molecule has 0 aliphatic carbocycles. The second kappa shape index (κ2) is 6.76. The van der Waals surface area contributed by atoms with E-state index in [1.165, 1.54) is 0 Å². The van der Waals surface area contributed by atoms with Gasteiger partial charge in [-0.3, -0.25) is 9.59 Å². The van der Waals surface area contributed by atoms with Gasteiger partial charge in [0.2, 0.25) is 0 Å². The highest BCUT2D eigenvalue weighted by molar-refractivity contribution is 6.04. The van der Waals surface area contributed by atoms with Crippen molar-refractivity contribution in [2.75, 3.05) is 31.4 Å². The molecule has 0 aromatic heterocycles. The molecule has 2 N–H and O–H groups in total. The minimum absolute atomic E-state index is 0.155. The van der Waals surface area contributed by atoms with Crippen molar-refractivity contribution in [2.45, 2.75) is 0 Å². The highest BCUT2D eigenvalue weighted by Gasteiger charge is 2.07. The second-order valence-corrected chi connectivity index (χ2v) is 5.05. The van der Waals surface area contributed by atoms with Crippen molar-refractivity contribution in [3.8, 4) is 0 Å². The fourth-order valence-corrected chi connectivity index (χ4v) is 1.96. The van der Waals surface area contributed by atoms with E-state index >= 15 is 0 Å². The first-order chi connectivity index (χ1) is 10.5. The lowest BCUT2D eigenvalue weighted by Crippen LogP contribution is -2.18. The molecule has 5 heteroatoms. The number of nitrogens with one attached hydrogen (secondary N) is 2. The Bertz CT molecular complexity index is 661. The van der Waals surface area contributed by atoms with Gasteiger partial charge in [-0.25, -0.2) is 0 Å². The molecule has 0 saturated heterocycles. The van der Waals surface area contributed by atoms with Gasteiger partial charge >= 0.3 is 0 Å². The number of amides is 2. The normalized spacial score (nSPS) is 9.95.